The second-order valence-electron chi connectivity index (χ2n) is 0.977. The van der Waals surface area contributed by atoms with Crippen molar-refractivity contribution in [2.75, 3.05) is 0 Å². The topological polar surface area (TPSA) is 0 Å². The number of hydrogen-bond donors (Lipinski definition) is 0. The van der Waals surface area contributed by atoms with Crippen LogP contribution >= 0.6 is 0 Å². The standard InChI is InChI=1S/C5H10.C2H4/c1-3-5-4-2;1-2/h3,5H,4H2,1-2H3;1-2H2/b5-3-;. The van der Waals surface area contributed by atoms with Crippen molar-refractivity contribution < 1.29 is 0 Å². The van der Waals surface area contributed by atoms with Crippen LogP contribution in [0.3, 0.4) is 0 Å². The van der Waals surface area contributed by atoms with Crippen molar-refractivity contribution in [1.82, 2.24) is 0 Å². The second kappa shape index (κ2) is 17.9. The normalized spacial score (nSPS) is 7.71. The first-order valence-corrected chi connectivity index (χ1v) is 2.53. The van der Waals surface area contributed by atoms with Gasteiger partial charge in [0.2, 0.25) is 0 Å². The summed E-state index contributed by atoms with van der Waals surface area (Å²) in [6, 6.07) is 0. The molecule has 42 valence electrons. The molecule has 7 heavy (non-hydrogen) atoms. The Kier molecular flexibility index (Phi) is 24.8. The summed E-state index contributed by atoms with van der Waals surface area (Å²) in [5.74, 6) is 0. The van der Waals surface area contributed by atoms with Crippen molar-refractivity contribution in [2.24, 2.45) is 0 Å². The minimum atomic E-state index is 1.16. The molecule has 0 aromatic heterocycles. The third-order valence-corrected chi connectivity index (χ3v) is 0.471. The number of allylic oxidation sites excluding steroid dienone is 2. The van der Waals surface area contributed by atoms with Gasteiger partial charge >= 0.3 is 0 Å². The molecule has 0 saturated carbocycles. The average molecular weight is 98.2 g/mol. The van der Waals surface area contributed by atoms with Gasteiger partial charge in [0.05, 0.1) is 0 Å². The van der Waals surface area contributed by atoms with Crippen molar-refractivity contribution >= 4 is 0 Å². The first-order valence-electron chi connectivity index (χ1n) is 2.53. The van der Waals surface area contributed by atoms with E-state index in [4.69, 9.17) is 0 Å². The molecule has 0 heterocycles. The average Bonchev–Trinajstić information content (AvgIpc) is 1.75. The highest BCUT2D eigenvalue weighted by molar-refractivity contribution is 4.73. The van der Waals surface area contributed by atoms with Crippen LogP contribution in [0.5, 0.6) is 0 Å². The Morgan fingerprint density at radius 2 is 1.86 bits per heavy atom. The zero-order chi connectivity index (χ0) is 6.12. The summed E-state index contributed by atoms with van der Waals surface area (Å²) in [7, 11) is 0. The highest BCUT2D eigenvalue weighted by Crippen LogP contribution is 1.73. The van der Waals surface area contributed by atoms with E-state index in [1.807, 2.05) is 6.92 Å². The molecule has 0 N–H and O–H groups in total. The molecule has 0 saturated heterocycles. The maximum atomic E-state index is 3.00. The Balaban J connectivity index is 0. The van der Waals surface area contributed by atoms with Crippen LogP contribution in [-0.2, 0) is 0 Å². The maximum Gasteiger partial charge on any atom is -0.0379 e. The fraction of sp³-hybridized carbons (Fsp3) is 0.429. The Morgan fingerprint density at radius 1 is 1.43 bits per heavy atom. The Bertz CT molecular complexity index is 35.3. The van der Waals surface area contributed by atoms with E-state index in [2.05, 4.69) is 32.2 Å². The summed E-state index contributed by atoms with van der Waals surface area (Å²) in [4.78, 5) is 0. The van der Waals surface area contributed by atoms with Crippen molar-refractivity contribution in [3.63, 3.8) is 0 Å². The molecule has 0 heteroatoms. The lowest BCUT2D eigenvalue weighted by Gasteiger charge is -1.65. The summed E-state index contributed by atoms with van der Waals surface area (Å²) < 4.78 is 0. The molecule has 0 aromatic carbocycles. The largest absolute Gasteiger partial charge is 0.106 e. The fourth-order valence-corrected chi connectivity index (χ4v) is 0.236. The fourth-order valence-electron chi connectivity index (χ4n) is 0.236. The molecular weight excluding hydrogens is 84.1 g/mol. The van der Waals surface area contributed by atoms with Crippen LogP contribution in [-0.4, -0.2) is 0 Å². The molecule has 0 rings (SSSR count). The van der Waals surface area contributed by atoms with Gasteiger partial charge in [-0.15, -0.1) is 13.2 Å². The molecule has 0 aliphatic heterocycles. The van der Waals surface area contributed by atoms with E-state index in [-0.39, 0.29) is 0 Å². The quantitative estimate of drug-likeness (QED) is 0.442. The van der Waals surface area contributed by atoms with Gasteiger partial charge in [-0.25, -0.2) is 0 Å². The summed E-state index contributed by atoms with van der Waals surface area (Å²) in [6.07, 6.45) is 5.34. The van der Waals surface area contributed by atoms with Gasteiger partial charge in [0, 0.05) is 0 Å². The van der Waals surface area contributed by atoms with Crippen LogP contribution in [0, 0.1) is 0 Å². The minimum absolute atomic E-state index is 1.16. The van der Waals surface area contributed by atoms with Crippen LogP contribution < -0.4 is 0 Å². The molecule has 0 nitrogen and oxygen atoms in total. The van der Waals surface area contributed by atoms with Gasteiger partial charge in [-0.3, -0.25) is 0 Å². The van der Waals surface area contributed by atoms with E-state index in [1.165, 1.54) is 0 Å². The molecule has 0 aliphatic carbocycles. The van der Waals surface area contributed by atoms with Gasteiger partial charge in [0.1, 0.15) is 0 Å². The molecule has 0 spiro atoms. The first kappa shape index (κ1) is 9.70. The summed E-state index contributed by atoms with van der Waals surface area (Å²) in [5.41, 5.74) is 0. The lowest BCUT2D eigenvalue weighted by molar-refractivity contribution is 1.22. The summed E-state index contributed by atoms with van der Waals surface area (Å²) in [5, 5.41) is 0. The smallest absolute Gasteiger partial charge is 0.0379 e. The Labute approximate surface area is 46.6 Å². The molecule has 0 radical (unpaired) electrons. The molecule has 0 amide bonds. The molecule has 0 fully saturated rings. The van der Waals surface area contributed by atoms with Crippen molar-refractivity contribution in [2.45, 2.75) is 20.3 Å². The molecule has 0 unspecified atom stereocenters. The zero-order valence-electron chi connectivity index (χ0n) is 5.28. The second-order valence-corrected chi connectivity index (χ2v) is 0.977. The van der Waals surface area contributed by atoms with E-state index in [1.54, 1.807) is 0 Å². The molecular formula is C7H14. The highest BCUT2D eigenvalue weighted by Gasteiger charge is 1.52. The lowest BCUT2D eigenvalue weighted by Crippen LogP contribution is -1.43. The van der Waals surface area contributed by atoms with Gasteiger partial charge in [0.25, 0.3) is 0 Å². The van der Waals surface area contributed by atoms with Gasteiger partial charge in [-0.1, -0.05) is 19.1 Å². The third-order valence-electron chi connectivity index (χ3n) is 0.471. The number of rotatable bonds is 1. The third kappa shape index (κ3) is 30.3. The van der Waals surface area contributed by atoms with Crippen molar-refractivity contribution in [3.05, 3.63) is 25.3 Å². The van der Waals surface area contributed by atoms with E-state index >= 15 is 0 Å². The van der Waals surface area contributed by atoms with Crippen LogP contribution in [0.2, 0.25) is 0 Å². The number of hydrogen-bond acceptors (Lipinski definition) is 0. The molecule has 0 aromatic rings. The predicted octanol–water partition coefficient (Wildman–Crippen LogP) is 2.77. The van der Waals surface area contributed by atoms with Gasteiger partial charge < -0.3 is 0 Å². The highest BCUT2D eigenvalue weighted by atomic mass is 13.6. The maximum absolute atomic E-state index is 3.00. The Hall–Kier alpha value is -0.520. The minimum Gasteiger partial charge on any atom is -0.106 e. The van der Waals surface area contributed by atoms with Crippen molar-refractivity contribution in [3.8, 4) is 0 Å². The van der Waals surface area contributed by atoms with E-state index in [0.717, 1.165) is 6.42 Å². The van der Waals surface area contributed by atoms with E-state index in [0.29, 0.717) is 0 Å². The van der Waals surface area contributed by atoms with Gasteiger partial charge in [0.15, 0.2) is 0 Å². The van der Waals surface area contributed by atoms with Crippen molar-refractivity contribution in [1.29, 1.82) is 0 Å². The molecule has 0 atom stereocenters. The SMILES string of the molecule is C/C=C\CC.C=C. The first-order chi connectivity index (χ1) is 3.41. The van der Waals surface area contributed by atoms with Crippen LogP contribution in [0.1, 0.15) is 20.3 Å². The molecule has 0 bridgehead atoms. The van der Waals surface area contributed by atoms with Crippen LogP contribution in [0.4, 0.5) is 0 Å². The summed E-state index contributed by atoms with van der Waals surface area (Å²) in [6.45, 7) is 10.2. The van der Waals surface area contributed by atoms with Crippen LogP contribution in [0.25, 0.3) is 0 Å². The molecule has 0 aliphatic rings. The monoisotopic (exact) mass is 98.1 g/mol. The summed E-state index contributed by atoms with van der Waals surface area (Å²) >= 11 is 0. The van der Waals surface area contributed by atoms with E-state index < -0.39 is 0 Å². The predicted molar refractivity (Wildman–Crippen MR) is 36.4 cm³/mol. The van der Waals surface area contributed by atoms with E-state index in [9.17, 15) is 0 Å². The van der Waals surface area contributed by atoms with Gasteiger partial charge in [-0.2, -0.15) is 0 Å². The Morgan fingerprint density at radius 3 is 1.86 bits per heavy atom. The lowest BCUT2D eigenvalue weighted by atomic mass is 10.4. The van der Waals surface area contributed by atoms with Crippen LogP contribution in [0.15, 0.2) is 25.3 Å². The zero-order valence-corrected chi connectivity index (χ0v) is 5.28. The van der Waals surface area contributed by atoms with Gasteiger partial charge in [-0.05, 0) is 13.3 Å².